The first-order valence-corrected chi connectivity index (χ1v) is 8.30. The van der Waals surface area contributed by atoms with E-state index in [1.807, 2.05) is 30.3 Å². The second kappa shape index (κ2) is 10.3. The molecule has 0 saturated heterocycles. The largest absolute Gasteiger partial charge is 0.424 e. The molecular weight excluding hydrogens is 244 g/mol. The van der Waals surface area contributed by atoms with E-state index in [2.05, 4.69) is 6.92 Å². The summed E-state index contributed by atoms with van der Waals surface area (Å²) in [7, 11) is -0.261. The zero-order chi connectivity index (χ0) is 13.1. The van der Waals surface area contributed by atoms with Crippen molar-refractivity contribution >= 4 is 9.76 Å². The van der Waals surface area contributed by atoms with Crippen molar-refractivity contribution in [3.63, 3.8) is 0 Å². The van der Waals surface area contributed by atoms with Gasteiger partial charge < -0.3 is 14.3 Å². The molecule has 1 rings (SSSR count). The summed E-state index contributed by atoms with van der Waals surface area (Å²) in [5.41, 5.74) is 0.957. The smallest absolute Gasteiger partial charge is 0.161 e. The van der Waals surface area contributed by atoms with E-state index in [9.17, 15) is 5.11 Å². The first-order chi connectivity index (χ1) is 8.84. The maximum absolute atomic E-state index is 9.89. The molecule has 0 aliphatic heterocycles. The van der Waals surface area contributed by atoms with E-state index in [0.717, 1.165) is 25.2 Å². The van der Waals surface area contributed by atoms with E-state index in [1.54, 1.807) is 0 Å². The number of hydrogen-bond acceptors (Lipinski definition) is 3. The van der Waals surface area contributed by atoms with E-state index in [1.165, 1.54) is 6.04 Å². The van der Waals surface area contributed by atoms with Crippen molar-refractivity contribution in [3.05, 3.63) is 35.9 Å². The van der Waals surface area contributed by atoms with Gasteiger partial charge in [0.2, 0.25) is 0 Å². The minimum absolute atomic E-state index is 0.261. The lowest BCUT2D eigenvalue weighted by molar-refractivity contribution is 0.0757. The van der Waals surface area contributed by atoms with E-state index in [4.69, 9.17) is 9.16 Å². The molecule has 0 spiro atoms. The highest BCUT2D eigenvalue weighted by atomic mass is 28.2. The average Bonchev–Trinajstić information content (AvgIpc) is 2.42. The van der Waals surface area contributed by atoms with Crippen LogP contribution in [0.5, 0.6) is 0 Å². The Morgan fingerprint density at radius 1 is 1.17 bits per heavy atom. The fourth-order valence-electron chi connectivity index (χ4n) is 1.65. The van der Waals surface area contributed by atoms with Gasteiger partial charge in [0.1, 0.15) is 0 Å². The van der Waals surface area contributed by atoms with Crippen LogP contribution in [0.15, 0.2) is 30.3 Å². The molecule has 0 aromatic heterocycles. The van der Waals surface area contributed by atoms with Crippen LogP contribution < -0.4 is 0 Å². The summed E-state index contributed by atoms with van der Waals surface area (Å²) >= 11 is 0. The summed E-state index contributed by atoms with van der Waals surface area (Å²) in [4.78, 5) is 0. The van der Waals surface area contributed by atoms with Gasteiger partial charge in [0.25, 0.3) is 0 Å². The Morgan fingerprint density at radius 3 is 2.67 bits per heavy atom. The molecule has 1 unspecified atom stereocenters. The maximum atomic E-state index is 9.89. The molecule has 3 nitrogen and oxygen atoms in total. The average molecular weight is 268 g/mol. The molecule has 1 N–H and O–H groups in total. The molecule has 0 amide bonds. The monoisotopic (exact) mass is 268 g/mol. The second-order valence-corrected chi connectivity index (χ2v) is 6.11. The minimum Gasteiger partial charge on any atom is -0.424 e. The lowest BCUT2D eigenvalue weighted by Gasteiger charge is -2.11. The number of rotatable bonds is 10. The summed E-state index contributed by atoms with van der Waals surface area (Å²) in [6, 6.07) is 10.9. The van der Waals surface area contributed by atoms with Crippen molar-refractivity contribution in [2.75, 3.05) is 19.8 Å². The zero-order valence-corrected chi connectivity index (χ0v) is 12.6. The second-order valence-electron chi connectivity index (χ2n) is 4.29. The fraction of sp³-hybridized carbons (Fsp3) is 0.571. The van der Waals surface area contributed by atoms with Crippen molar-refractivity contribution in [2.45, 2.75) is 31.9 Å². The molecule has 0 fully saturated rings. The third kappa shape index (κ3) is 6.91. The van der Waals surface area contributed by atoms with Gasteiger partial charge in [-0.05, 0) is 18.0 Å². The molecule has 1 atom stereocenters. The van der Waals surface area contributed by atoms with Crippen LogP contribution in [0.2, 0.25) is 6.04 Å². The normalized spacial score (nSPS) is 13.2. The van der Waals surface area contributed by atoms with Gasteiger partial charge in [0.05, 0.1) is 6.10 Å². The Balaban J connectivity index is 1.98. The van der Waals surface area contributed by atoms with Crippen molar-refractivity contribution in [1.82, 2.24) is 0 Å². The molecule has 0 radical (unpaired) electrons. The van der Waals surface area contributed by atoms with Crippen LogP contribution in [0.1, 0.15) is 31.4 Å². The van der Waals surface area contributed by atoms with Gasteiger partial charge in [-0.15, -0.1) is 0 Å². The molecule has 0 bridgehead atoms. The summed E-state index contributed by atoms with van der Waals surface area (Å²) in [5, 5.41) is 9.89. The standard InChI is InChI=1S/C14H24O3Si/c1-2-18-17-11-6-10-16-12-9-14(15)13-7-4-3-5-8-13/h3-5,7-8,14-15H,2,6,9-12,18H2,1H3. The molecule has 0 heterocycles. The minimum atomic E-state index is -0.421. The van der Waals surface area contributed by atoms with Crippen LogP contribution in [-0.4, -0.2) is 34.7 Å². The highest BCUT2D eigenvalue weighted by molar-refractivity contribution is 6.26. The van der Waals surface area contributed by atoms with Crippen molar-refractivity contribution in [1.29, 1.82) is 0 Å². The van der Waals surface area contributed by atoms with Crippen molar-refractivity contribution in [2.24, 2.45) is 0 Å². The van der Waals surface area contributed by atoms with Gasteiger partial charge in [0.15, 0.2) is 9.76 Å². The first kappa shape index (κ1) is 15.4. The van der Waals surface area contributed by atoms with Gasteiger partial charge in [-0.25, -0.2) is 0 Å². The summed E-state index contributed by atoms with van der Waals surface area (Å²) < 4.78 is 11.0. The van der Waals surface area contributed by atoms with Crippen LogP contribution in [0.4, 0.5) is 0 Å². The van der Waals surface area contributed by atoms with E-state index in [-0.39, 0.29) is 9.76 Å². The first-order valence-electron chi connectivity index (χ1n) is 6.73. The highest BCUT2D eigenvalue weighted by Crippen LogP contribution is 2.15. The number of aliphatic hydroxyl groups is 1. The third-order valence-electron chi connectivity index (χ3n) is 2.65. The number of hydrogen-bond donors (Lipinski definition) is 1. The summed E-state index contributed by atoms with van der Waals surface area (Å²) in [6.45, 7) is 4.30. The van der Waals surface area contributed by atoms with Crippen LogP contribution >= 0.6 is 0 Å². The molecule has 1 aromatic carbocycles. The number of aliphatic hydroxyl groups excluding tert-OH is 1. The lowest BCUT2D eigenvalue weighted by atomic mass is 10.1. The van der Waals surface area contributed by atoms with E-state index < -0.39 is 6.10 Å². The predicted molar refractivity (Wildman–Crippen MR) is 76.4 cm³/mol. The van der Waals surface area contributed by atoms with Gasteiger partial charge in [-0.3, -0.25) is 0 Å². The molecule has 0 saturated carbocycles. The van der Waals surface area contributed by atoms with Crippen LogP contribution in [0, 0.1) is 0 Å². The molecule has 0 aliphatic rings. The van der Waals surface area contributed by atoms with Gasteiger partial charge in [-0.2, -0.15) is 0 Å². The third-order valence-corrected chi connectivity index (χ3v) is 3.63. The van der Waals surface area contributed by atoms with E-state index in [0.29, 0.717) is 13.0 Å². The molecule has 0 aliphatic carbocycles. The number of ether oxygens (including phenoxy) is 1. The van der Waals surface area contributed by atoms with Crippen LogP contribution in [0.25, 0.3) is 0 Å². The number of benzene rings is 1. The summed E-state index contributed by atoms with van der Waals surface area (Å²) in [6.07, 6.45) is 1.18. The van der Waals surface area contributed by atoms with Crippen molar-refractivity contribution < 1.29 is 14.3 Å². The van der Waals surface area contributed by atoms with Gasteiger partial charge in [0, 0.05) is 26.2 Å². The highest BCUT2D eigenvalue weighted by Gasteiger charge is 2.05. The fourth-order valence-corrected chi connectivity index (χ4v) is 2.35. The molecular formula is C14H24O3Si. The maximum Gasteiger partial charge on any atom is 0.161 e. The molecule has 102 valence electrons. The zero-order valence-electron chi connectivity index (χ0n) is 11.2. The van der Waals surface area contributed by atoms with E-state index >= 15 is 0 Å². The van der Waals surface area contributed by atoms with Crippen LogP contribution in [-0.2, 0) is 9.16 Å². The lowest BCUT2D eigenvalue weighted by Crippen LogP contribution is -2.06. The Morgan fingerprint density at radius 2 is 1.94 bits per heavy atom. The Kier molecular flexibility index (Phi) is 8.76. The predicted octanol–water partition coefficient (Wildman–Crippen LogP) is 2.06. The quantitative estimate of drug-likeness (QED) is 0.521. The van der Waals surface area contributed by atoms with Gasteiger partial charge >= 0.3 is 0 Å². The Hall–Kier alpha value is -0.683. The van der Waals surface area contributed by atoms with Crippen molar-refractivity contribution in [3.8, 4) is 0 Å². The molecule has 1 aromatic rings. The molecule has 4 heteroatoms. The Labute approximate surface area is 112 Å². The Bertz CT molecular complexity index is 292. The molecule has 18 heavy (non-hydrogen) atoms. The van der Waals surface area contributed by atoms with Gasteiger partial charge in [-0.1, -0.05) is 37.3 Å². The summed E-state index contributed by atoms with van der Waals surface area (Å²) in [5.74, 6) is 0. The topological polar surface area (TPSA) is 38.7 Å². The van der Waals surface area contributed by atoms with Crippen LogP contribution in [0.3, 0.4) is 0 Å². The SMILES string of the molecule is CC[SiH2]OCCCOCCC(O)c1ccccc1.